The van der Waals surface area contributed by atoms with Crippen molar-refractivity contribution in [1.29, 1.82) is 0 Å². The van der Waals surface area contributed by atoms with Gasteiger partial charge in [0.2, 0.25) is 5.91 Å². The van der Waals surface area contributed by atoms with Crippen LogP contribution < -0.4 is 0 Å². The van der Waals surface area contributed by atoms with Gasteiger partial charge in [-0.15, -0.1) is 0 Å². The maximum absolute atomic E-state index is 11.8. The van der Waals surface area contributed by atoms with Crippen LogP contribution in [0, 0.1) is 0 Å². The van der Waals surface area contributed by atoms with E-state index < -0.39 is 5.97 Å². The number of aromatic nitrogens is 2. The van der Waals surface area contributed by atoms with E-state index in [1.807, 2.05) is 18.4 Å². The Morgan fingerprint density at radius 2 is 2.21 bits per heavy atom. The van der Waals surface area contributed by atoms with Crippen LogP contribution in [0.25, 0.3) is 0 Å². The lowest BCUT2D eigenvalue weighted by Gasteiger charge is -2.23. The van der Waals surface area contributed by atoms with Crippen molar-refractivity contribution in [3.8, 4) is 0 Å². The van der Waals surface area contributed by atoms with Gasteiger partial charge in [-0.3, -0.25) is 4.79 Å². The van der Waals surface area contributed by atoms with E-state index in [0.29, 0.717) is 0 Å². The number of aliphatic carboxylic acids is 1. The standard InChI is InChI=1S/C12H16N4O3/c1-8(2)15-7-13-5-9(15)6-16-11(17)4-3-10(14-16)12(18)19/h5,7-8H,3-4,6H2,1-2H3,(H,18,19). The molecule has 1 aromatic heterocycles. The van der Waals surface area contributed by atoms with Crippen molar-refractivity contribution >= 4 is 17.6 Å². The zero-order chi connectivity index (χ0) is 14.0. The number of carboxylic acid groups (broad SMARTS) is 1. The molecule has 0 bridgehead atoms. The number of nitrogens with zero attached hydrogens (tertiary/aromatic N) is 4. The molecule has 1 aromatic rings. The summed E-state index contributed by atoms with van der Waals surface area (Å²) in [6.45, 7) is 4.26. The first-order valence-corrected chi connectivity index (χ1v) is 6.11. The number of rotatable bonds is 4. The molecule has 0 aliphatic carbocycles. The summed E-state index contributed by atoms with van der Waals surface area (Å²) in [5.41, 5.74) is 0.856. The molecule has 2 rings (SSSR count). The minimum atomic E-state index is -1.07. The summed E-state index contributed by atoms with van der Waals surface area (Å²) in [5, 5.41) is 14.0. The number of hydrazone groups is 1. The number of carbonyl (C=O) groups excluding carboxylic acids is 1. The van der Waals surface area contributed by atoms with Crippen molar-refractivity contribution in [2.45, 2.75) is 39.3 Å². The molecule has 0 saturated carbocycles. The van der Waals surface area contributed by atoms with Crippen LogP contribution >= 0.6 is 0 Å². The van der Waals surface area contributed by atoms with E-state index in [1.54, 1.807) is 12.5 Å². The van der Waals surface area contributed by atoms with E-state index >= 15 is 0 Å². The van der Waals surface area contributed by atoms with E-state index in [1.165, 1.54) is 5.01 Å². The number of imidazole rings is 1. The molecule has 1 amide bonds. The Hall–Kier alpha value is -2.18. The SMILES string of the molecule is CC(C)n1cncc1CN1N=C(C(=O)O)CCC1=O. The van der Waals surface area contributed by atoms with E-state index in [-0.39, 0.29) is 37.0 Å². The second kappa shape index (κ2) is 5.21. The second-order valence-corrected chi connectivity index (χ2v) is 4.69. The van der Waals surface area contributed by atoms with Crippen molar-refractivity contribution in [2.75, 3.05) is 0 Å². The fourth-order valence-corrected chi connectivity index (χ4v) is 1.95. The van der Waals surface area contributed by atoms with Crippen LogP contribution in [0.2, 0.25) is 0 Å². The number of hydrogen-bond acceptors (Lipinski definition) is 4. The monoisotopic (exact) mass is 264 g/mol. The minimum absolute atomic E-state index is 0.0233. The first-order valence-electron chi connectivity index (χ1n) is 6.11. The molecule has 0 radical (unpaired) electrons. The molecular formula is C12H16N4O3. The largest absolute Gasteiger partial charge is 0.477 e. The van der Waals surface area contributed by atoms with Gasteiger partial charge in [0.25, 0.3) is 0 Å². The van der Waals surface area contributed by atoms with Crippen molar-refractivity contribution in [2.24, 2.45) is 5.10 Å². The molecule has 1 aliphatic heterocycles. The summed E-state index contributed by atoms with van der Waals surface area (Å²) in [5.74, 6) is -1.24. The topological polar surface area (TPSA) is 87.8 Å². The van der Waals surface area contributed by atoms with Gasteiger partial charge in [-0.1, -0.05) is 0 Å². The maximum atomic E-state index is 11.8. The molecule has 102 valence electrons. The zero-order valence-corrected chi connectivity index (χ0v) is 10.9. The second-order valence-electron chi connectivity index (χ2n) is 4.69. The number of carbonyl (C=O) groups is 2. The van der Waals surface area contributed by atoms with Gasteiger partial charge >= 0.3 is 5.97 Å². The van der Waals surface area contributed by atoms with Crippen LogP contribution in [-0.2, 0) is 16.1 Å². The minimum Gasteiger partial charge on any atom is -0.477 e. The van der Waals surface area contributed by atoms with Crippen LogP contribution in [-0.4, -0.2) is 37.3 Å². The summed E-state index contributed by atoms with van der Waals surface area (Å²) in [6.07, 6.45) is 3.73. The van der Waals surface area contributed by atoms with E-state index in [4.69, 9.17) is 5.11 Å². The third-order valence-electron chi connectivity index (χ3n) is 2.97. The van der Waals surface area contributed by atoms with E-state index in [9.17, 15) is 9.59 Å². The van der Waals surface area contributed by atoms with Crippen molar-refractivity contribution in [3.05, 3.63) is 18.2 Å². The number of hydrogen-bond donors (Lipinski definition) is 1. The Morgan fingerprint density at radius 1 is 1.47 bits per heavy atom. The Morgan fingerprint density at radius 3 is 2.84 bits per heavy atom. The summed E-state index contributed by atoms with van der Waals surface area (Å²) in [6, 6.07) is 0.223. The molecule has 1 aliphatic rings. The Bertz CT molecular complexity index is 533. The average molecular weight is 264 g/mol. The van der Waals surface area contributed by atoms with Crippen LogP contribution in [0.4, 0.5) is 0 Å². The molecule has 0 atom stereocenters. The molecule has 2 heterocycles. The van der Waals surface area contributed by atoms with Gasteiger partial charge in [-0.2, -0.15) is 5.10 Å². The molecule has 0 saturated heterocycles. The molecule has 19 heavy (non-hydrogen) atoms. The summed E-state index contributed by atoms with van der Waals surface area (Å²) >= 11 is 0. The number of amides is 1. The summed E-state index contributed by atoms with van der Waals surface area (Å²) < 4.78 is 1.93. The highest BCUT2D eigenvalue weighted by atomic mass is 16.4. The van der Waals surface area contributed by atoms with Gasteiger partial charge in [-0.25, -0.2) is 14.8 Å². The lowest BCUT2D eigenvalue weighted by atomic mass is 10.1. The zero-order valence-electron chi connectivity index (χ0n) is 10.9. The van der Waals surface area contributed by atoms with Gasteiger partial charge in [0.05, 0.1) is 24.8 Å². The van der Waals surface area contributed by atoms with Gasteiger partial charge in [0.1, 0.15) is 5.71 Å². The lowest BCUT2D eigenvalue weighted by Crippen LogP contribution is -2.34. The Labute approximate surface area is 110 Å². The smallest absolute Gasteiger partial charge is 0.352 e. The van der Waals surface area contributed by atoms with Gasteiger partial charge in [0.15, 0.2) is 0 Å². The first kappa shape index (κ1) is 13.3. The average Bonchev–Trinajstić information content (AvgIpc) is 2.80. The molecule has 0 unspecified atom stereocenters. The fraction of sp³-hybridized carbons (Fsp3) is 0.500. The van der Waals surface area contributed by atoms with Crippen LogP contribution in [0.1, 0.15) is 38.4 Å². The summed E-state index contributed by atoms with van der Waals surface area (Å²) in [7, 11) is 0. The third-order valence-corrected chi connectivity index (χ3v) is 2.97. The normalized spacial score (nSPS) is 15.8. The molecule has 0 aromatic carbocycles. The predicted octanol–water partition coefficient (Wildman–Crippen LogP) is 1.03. The molecule has 7 nitrogen and oxygen atoms in total. The van der Waals surface area contributed by atoms with Gasteiger partial charge in [0, 0.05) is 18.9 Å². The first-order chi connectivity index (χ1) is 8.99. The molecule has 0 spiro atoms. The van der Waals surface area contributed by atoms with Gasteiger partial charge in [-0.05, 0) is 13.8 Å². The highest BCUT2D eigenvalue weighted by Gasteiger charge is 2.25. The maximum Gasteiger partial charge on any atom is 0.352 e. The third kappa shape index (κ3) is 2.81. The quantitative estimate of drug-likeness (QED) is 0.879. The van der Waals surface area contributed by atoms with Crippen LogP contribution in [0.3, 0.4) is 0 Å². The van der Waals surface area contributed by atoms with Crippen LogP contribution in [0.5, 0.6) is 0 Å². The van der Waals surface area contributed by atoms with Crippen molar-refractivity contribution < 1.29 is 14.7 Å². The predicted molar refractivity (Wildman–Crippen MR) is 67.5 cm³/mol. The molecular weight excluding hydrogens is 248 g/mol. The van der Waals surface area contributed by atoms with Crippen LogP contribution in [0.15, 0.2) is 17.6 Å². The van der Waals surface area contributed by atoms with Crippen molar-refractivity contribution in [1.82, 2.24) is 14.6 Å². The van der Waals surface area contributed by atoms with E-state index in [2.05, 4.69) is 10.1 Å². The molecule has 1 N–H and O–H groups in total. The highest BCUT2D eigenvalue weighted by Crippen LogP contribution is 2.16. The van der Waals surface area contributed by atoms with Gasteiger partial charge < -0.3 is 9.67 Å². The van der Waals surface area contributed by atoms with Crippen molar-refractivity contribution in [3.63, 3.8) is 0 Å². The molecule has 7 heteroatoms. The summed E-state index contributed by atoms with van der Waals surface area (Å²) in [4.78, 5) is 26.7. The number of carboxylic acids is 1. The lowest BCUT2D eigenvalue weighted by molar-refractivity contribution is -0.133. The highest BCUT2D eigenvalue weighted by molar-refractivity contribution is 6.36. The Balaban J connectivity index is 2.21. The Kier molecular flexibility index (Phi) is 3.64. The fourth-order valence-electron chi connectivity index (χ4n) is 1.95. The van der Waals surface area contributed by atoms with E-state index in [0.717, 1.165) is 5.69 Å². The molecule has 0 fully saturated rings.